The molecule has 7 nitrogen and oxygen atoms in total. The molecule has 0 unspecified atom stereocenters. The van der Waals surface area contributed by atoms with Gasteiger partial charge in [0, 0.05) is 22.5 Å². The van der Waals surface area contributed by atoms with Crippen molar-refractivity contribution in [1.82, 2.24) is 9.62 Å². The van der Waals surface area contributed by atoms with E-state index in [4.69, 9.17) is 21.1 Å². The number of nitrogens with one attached hydrogen (secondary N) is 1. The molecule has 168 valence electrons. The number of sulfonamides is 1. The highest BCUT2D eigenvalue weighted by Crippen LogP contribution is 2.33. The van der Waals surface area contributed by atoms with Gasteiger partial charge >= 0.3 is 0 Å². The third-order valence-electron chi connectivity index (χ3n) is 4.82. The number of amides is 1. The van der Waals surface area contributed by atoms with Gasteiger partial charge in [-0.05, 0) is 35.2 Å². The zero-order valence-electron chi connectivity index (χ0n) is 17.0. The number of thiophene rings is 1. The number of ether oxygens (including phenoxy) is 2. The molecule has 1 aliphatic rings. The summed E-state index contributed by atoms with van der Waals surface area (Å²) < 4.78 is 39.1. The summed E-state index contributed by atoms with van der Waals surface area (Å²) in [7, 11) is -4.04. The van der Waals surface area contributed by atoms with Gasteiger partial charge in [-0.25, -0.2) is 8.42 Å². The van der Waals surface area contributed by atoms with E-state index in [1.165, 1.54) is 23.5 Å². The van der Waals surface area contributed by atoms with Gasteiger partial charge in [-0.15, -0.1) is 11.3 Å². The number of nitrogens with zero attached hydrogens (tertiary/aromatic N) is 1. The predicted octanol–water partition coefficient (Wildman–Crippen LogP) is 3.68. The lowest BCUT2D eigenvalue weighted by molar-refractivity contribution is -0.121. The quantitative estimate of drug-likeness (QED) is 0.518. The Morgan fingerprint density at radius 1 is 1.06 bits per heavy atom. The minimum absolute atomic E-state index is 0.0138. The van der Waals surface area contributed by atoms with E-state index in [0.717, 1.165) is 9.18 Å². The van der Waals surface area contributed by atoms with E-state index < -0.39 is 15.9 Å². The van der Waals surface area contributed by atoms with Crippen molar-refractivity contribution in [2.45, 2.75) is 18.0 Å². The van der Waals surface area contributed by atoms with E-state index in [1.54, 1.807) is 30.3 Å². The third-order valence-corrected chi connectivity index (χ3v) is 7.85. The van der Waals surface area contributed by atoms with Crippen LogP contribution in [0.25, 0.3) is 0 Å². The molecular formula is C22H21ClN2O5S2. The third kappa shape index (κ3) is 5.24. The Balaban J connectivity index is 1.59. The van der Waals surface area contributed by atoms with Gasteiger partial charge < -0.3 is 14.8 Å². The lowest BCUT2D eigenvalue weighted by atomic mass is 10.2. The van der Waals surface area contributed by atoms with E-state index in [1.807, 2.05) is 17.5 Å². The molecule has 10 heteroatoms. The normalized spacial score (nSPS) is 13.2. The summed E-state index contributed by atoms with van der Waals surface area (Å²) in [5.41, 5.74) is 0.598. The van der Waals surface area contributed by atoms with E-state index in [2.05, 4.69) is 5.32 Å². The maximum atomic E-state index is 13.5. The van der Waals surface area contributed by atoms with Gasteiger partial charge in [-0.3, -0.25) is 4.79 Å². The molecule has 0 spiro atoms. The van der Waals surface area contributed by atoms with Crippen molar-refractivity contribution >= 4 is 38.9 Å². The van der Waals surface area contributed by atoms with Crippen LogP contribution in [0.2, 0.25) is 5.02 Å². The van der Waals surface area contributed by atoms with Crippen LogP contribution in [0.4, 0.5) is 0 Å². The second-order valence-electron chi connectivity index (χ2n) is 7.03. The van der Waals surface area contributed by atoms with Crippen LogP contribution >= 0.6 is 22.9 Å². The van der Waals surface area contributed by atoms with Crippen molar-refractivity contribution in [1.29, 1.82) is 0 Å². The molecule has 0 aliphatic carbocycles. The molecule has 1 amide bonds. The van der Waals surface area contributed by atoms with Gasteiger partial charge in [-0.2, -0.15) is 4.31 Å². The molecule has 3 aromatic rings. The summed E-state index contributed by atoms with van der Waals surface area (Å²) in [6, 6.07) is 15.2. The van der Waals surface area contributed by atoms with Gasteiger partial charge in [0.15, 0.2) is 11.5 Å². The smallest absolute Gasteiger partial charge is 0.243 e. The van der Waals surface area contributed by atoms with Crippen molar-refractivity contribution in [2.75, 3.05) is 19.8 Å². The van der Waals surface area contributed by atoms with Crippen LogP contribution < -0.4 is 14.8 Å². The Morgan fingerprint density at radius 3 is 2.59 bits per heavy atom. The van der Waals surface area contributed by atoms with Crippen LogP contribution in [0.3, 0.4) is 0 Å². The van der Waals surface area contributed by atoms with Crippen molar-refractivity contribution < 1.29 is 22.7 Å². The van der Waals surface area contributed by atoms with Crippen molar-refractivity contribution in [3.05, 3.63) is 75.4 Å². The minimum atomic E-state index is -4.04. The Kier molecular flexibility index (Phi) is 7.00. The van der Waals surface area contributed by atoms with Crippen molar-refractivity contribution in [3.63, 3.8) is 0 Å². The second-order valence-corrected chi connectivity index (χ2v) is 10.4. The summed E-state index contributed by atoms with van der Waals surface area (Å²) in [6.07, 6.45) is 0. The lowest BCUT2D eigenvalue weighted by Gasteiger charge is -2.24. The predicted molar refractivity (Wildman–Crippen MR) is 123 cm³/mol. The first-order valence-corrected chi connectivity index (χ1v) is 12.6. The number of benzene rings is 2. The van der Waals surface area contributed by atoms with Crippen LogP contribution in [0.1, 0.15) is 10.4 Å². The fourth-order valence-electron chi connectivity index (χ4n) is 3.19. The van der Waals surface area contributed by atoms with E-state index in [-0.39, 0.29) is 18.0 Å². The molecule has 0 saturated carbocycles. The molecule has 1 aromatic heterocycles. The molecule has 0 atom stereocenters. The number of carbonyl (C=O) groups excluding carboxylic acids is 1. The second kappa shape index (κ2) is 9.91. The van der Waals surface area contributed by atoms with Crippen LogP contribution in [0, 0.1) is 0 Å². The topological polar surface area (TPSA) is 84.9 Å². The summed E-state index contributed by atoms with van der Waals surface area (Å²) >= 11 is 7.78. The van der Waals surface area contributed by atoms with E-state index >= 15 is 0 Å². The van der Waals surface area contributed by atoms with Gasteiger partial charge in [-0.1, -0.05) is 35.9 Å². The molecule has 1 N–H and O–H groups in total. The maximum Gasteiger partial charge on any atom is 0.243 e. The lowest BCUT2D eigenvalue weighted by Crippen LogP contribution is -2.40. The van der Waals surface area contributed by atoms with Crippen LogP contribution in [0.15, 0.2) is 64.9 Å². The Labute approximate surface area is 195 Å². The first kappa shape index (κ1) is 22.6. The summed E-state index contributed by atoms with van der Waals surface area (Å²) in [6.45, 7) is 0.670. The molecular weight excluding hydrogens is 472 g/mol. The summed E-state index contributed by atoms with van der Waals surface area (Å²) in [5.74, 6) is 0.435. The number of fused-ring (bicyclic) bond motifs is 1. The minimum Gasteiger partial charge on any atom is -0.486 e. The van der Waals surface area contributed by atoms with E-state index in [9.17, 15) is 13.2 Å². The van der Waals surface area contributed by atoms with Gasteiger partial charge in [0.1, 0.15) is 13.2 Å². The molecule has 0 saturated heterocycles. The average Bonchev–Trinajstić information content (AvgIpc) is 3.32. The number of carbonyl (C=O) groups is 1. The zero-order chi connectivity index (χ0) is 22.6. The molecule has 0 fully saturated rings. The Bertz CT molecular complexity index is 1200. The zero-order valence-corrected chi connectivity index (χ0v) is 19.4. The molecule has 32 heavy (non-hydrogen) atoms. The first-order chi connectivity index (χ1) is 15.4. The molecule has 0 bridgehead atoms. The highest BCUT2D eigenvalue weighted by Gasteiger charge is 2.29. The van der Waals surface area contributed by atoms with Crippen LogP contribution in [0.5, 0.6) is 11.5 Å². The van der Waals surface area contributed by atoms with Gasteiger partial charge in [0.25, 0.3) is 0 Å². The molecule has 0 radical (unpaired) electrons. The molecule has 4 rings (SSSR count). The van der Waals surface area contributed by atoms with Crippen LogP contribution in [-0.2, 0) is 27.9 Å². The Morgan fingerprint density at radius 2 is 1.84 bits per heavy atom. The number of halogens is 1. The van der Waals surface area contributed by atoms with Crippen molar-refractivity contribution in [3.8, 4) is 11.5 Å². The molecule has 2 aromatic carbocycles. The Hall–Kier alpha value is -2.59. The number of hydrogen-bond acceptors (Lipinski definition) is 6. The highest BCUT2D eigenvalue weighted by molar-refractivity contribution is 7.89. The number of rotatable bonds is 8. The standard InChI is InChI=1S/C22H21ClN2O5S2/c23-19-6-2-1-4-16(19)14-25(15-22(26)24-13-17-5-3-11-31-17)32(27,28)18-7-8-20-21(12-18)30-10-9-29-20/h1-8,11-12H,9-10,13-15H2,(H,24,26). The number of hydrogen-bond donors (Lipinski definition) is 1. The maximum absolute atomic E-state index is 13.5. The SMILES string of the molecule is O=C(CN(Cc1ccccc1Cl)S(=O)(=O)c1ccc2c(c1)OCCO2)NCc1cccs1. The average molecular weight is 493 g/mol. The van der Waals surface area contributed by atoms with Crippen LogP contribution in [-0.4, -0.2) is 38.4 Å². The largest absolute Gasteiger partial charge is 0.486 e. The fraction of sp³-hybridized carbons (Fsp3) is 0.227. The summed E-state index contributed by atoms with van der Waals surface area (Å²) in [4.78, 5) is 13.6. The first-order valence-electron chi connectivity index (χ1n) is 9.86. The highest BCUT2D eigenvalue weighted by atomic mass is 35.5. The molecule has 1 aliphatic heterocycles. The molecule has 2 heterocycles. The summed E-state index contributed by atoms with van der Waals surface area (Å²) in [5, 5.41) is 5.12. The van der Waals surface area contributed by atoms with Gasteiger partial charge in [0.2, 0.25) is 15.9 Å². The van der Waals surface area contributed by atoms with E-state index in [0.29, 0.717) is 41.8 Å². The fourth-order valence-corrected chi connectivity index (χ4v) is 5.42. The van der Waals surface area contributed by atoms with Crippen molar-refractivity contribution in [2.24, 2.45) is 0 Å². The monoisotopic (exact) mass is 492 g/mol. The van der Waals surface area contributed by atoms with Gasteiger partial charge in [0.05, 0.1) is 18.0 Å².